The largest absolute Gasteiger partial charge is 0.492 e. The Balaban J connectivity index is 1.99. The van der Waals surface area contributed by atoms with Crippen LogP contribution < -0.4 is 9.47 Å². The second kappa shape index (κ2) is 7.40. The van der Waals surface area contributed by atoms with Crippen molar-refractivity contribution in [2.45, 2.75) is 6.92 Å². The predicted octanol–water partition coefficient (Wildman–Crippen LogP) is 4.09. The van der Waals surface area contributed by atoms with E-state index in [9.17, 15) is 4.79 Å². The molecule has 0 amide bonds. The molecule has 0 atom stereocenters. The third kappa shape index (κ3) is 3.67. The summed E-state index contributed by atoms with van der Waals surface area (Å²) in [5.74, 6) is 0.832. The van der Waals surface area contributed by atoms with Gasteiger partial charge in [0, 0.05) is 16.1 Å². The molecule has 5 nitrogen and oxygen atoms in total. The number of carbonyl (C=O) groups is 1. The number of hydrogen-bond acceptors (Lipinski definition) is 5. The molecule has 0 aromatic heterocycles. The van der Waals surface area contributed by atoms with Crippen LogP contribution in [0.3, 0.4) is 0 Å². The Kier molecular flexibility index (Phi) is 5.05. The van der Waals surface area contributed by atoms with Crippen LogP contribution in [0.1, 0.15) is 18.1 Å². The number of ether oxygens (including phenoxy) is 3. The van der Waals surface area contributed by atoms with Crippen molar-refractivity contribution in [1.29, 1.82) is 0 Å². The van der Waals surface area contributed by atoms with E-state index in [-0.39, 0.29) is 11.6 Å². The fourth-order valence-corrected chi connectivity index (χ4v) is 2.63. The van der Waals surface area contributed by atoms with Crippen LogP contribution in [0.25, 0.3) is 6.08 Å². The Morgan fingerprint density at radius 3 is 2.76 bits per heavy atom. The lowest BCUT2D eigenvalue weighted by Crippen LogP contribution is -2.05. The number of cyclic esters (lactones) is 1. The molecule has 0 spiro atoms. The van der Waals surface area contributed by atoms with E-state index in [1.165, 1.54) is 0 Å². The van der Waals surface area contributed by atoms with Crippen molar-refractivity contribution in [2.24, 2.45) is 4.99 Å². The molecule has 0 N–H and O–H groups in total. The number of hydrogen-bond donors (Lipinski definition) is 0. The zero-order chi connectivity index (χ0) is 17.8. The summed E-state index contributed by atoms with van der Waals surface area (Å²) in [6, 6.07) is 12.4. The van der Waals surface area contributed by atoms with Crippen LogP contribution in [0.5, 0.6) is 11.5 Å². The summed E-state index contributed by atoms with van der Waals surface area (Å²) in [5, 5.41) is 0.541. The van der Waals surface area contributed by atoms with Crippen LogP contribution in [0.15, 0.2) is 53.2 Å². The van der Waals surface area contributed by atoms with Crippen LogP contribution >= 0.6 is 11.6 Å². The van der Waals surface area contributed by atoms with E-state index in [4.69, 9.17) is 25.8 Å². The van der Waals surface area contributed by atoms with Crippen molar-refractivity contribution in [3.05, 3.63) is 64.3 Å². The van der Waals surface area contributed by atoms with Gasteiger partial charge < -0.3 is 14.2 Å². The normalized spacial score (nSPS) is 15.1. The summed E-state index contributed by atoms with van der Waals surface area (Å²) >= 11 is 5.97. The van der Waals surface area contributed by atoms with Crippen LogP contribution in [0.2, 0.25) is 5.02 Å². The van der Waals surface area contributed by atoms with Gasteiger partial charge >= 0.3 is 5.97 Å². The lowest BCUT2D eigenvalue weighted by Gasteiger charge is -2.11. The number of rotatable bonds is 5. The average Bonchev–Trinajstić information content (AvgIpc) is 2.96. The fourth-order valence-electron chi connectivity index (χ4n) is 2.44. The van der Waals surface area contributed by atoms with Gasteiger partial charge in [-0.05, 0) is 37.3 Å². The summed E-state index contributed by atoms with van der Waals surface area (Å²) in [6.45, 7) is 2.40. The zero-order valence-electron chi connectivity index (χ0n) is 13.8. The Morgan fingerprint density at radius 1 is 1.24 bits per heavy atom. The lowest BCUT2D eigenvalue weighted by molar-refractivity contribution is -0.129. The first kappa shape index (κ1) is 17.0. The molecule has 0 saturated heterocycles. The third-order valence-corrected chi connectivity index (χ3v) is 3.73. The minimum absolute atomic E-state index is 0.182. The number of benzene rings is 2. The van der Waals surface area contributed by atoms with Gasteiger partial charge in [-0.25, -0.2) is 9.79 Å². The first-order chi connectivity index (χ1) is 12.1. The smallest absolute Gasteiger partial charge is 0.363 e. The Bertz CT molecular complexity index is 873. The van der Waals surface area contributed by atoms with Gasteiger partial charge in [-0.1, -0.05) is 29.8 Å². The Morgan fingerprint density at radius 2 is 2.04 bits per heavy atom. The molecular weight excluding hydrogens is 342 g/mol. The number of aliphatic imine (C=N–C) groups is 1. The van der Waals surface area contributed by atoms with Crippen LogP contribution in [-0.4, -0.2) is 25.6 Å². The molecule has 2 aromatic carbocycles. The molecule has 2 aromatic rings. The second-order valence-corrected chi connectivity index (χ2v) is 5.59. The molecule has 0 saturated carbocycles. The van der Waals surface area contributed by atoms with Crippen molar-refractivity contribution < 1.29 is 19.0 Å². The van der Waals surface area contributed by atoms with Gasteiger partial charge in [-0.2, -0.15) is 0 Å². The first-order valence-corrected chi connectivity index (χ1v) is 8.08. The molecule has 1 aliphatic rings. The maximum absolute atomic E-state index is 12.1. The van der Waals surface area contributed by atoms with E-state index in [2.05, 4.69) is 4.99 Å². The number of halogens is 1. The molecule has 0 radical (unpaired) electrons. The maximum atomic E-state index is 12.1. The summed E-state index contributed by atoms with van der Waals surface area (Å²) in [7, 11) is 1.55. The summed E-state index contributed by atoms with van der Waals surface area (Å²) in [4.78, 5) is 16.4. The van der Waals surface area contributed by atoms with Crippen molar-refractivity contribution in [3.8, 4) is 11.5 Å². The van der Waals surface area contributed by atoms with Gasteiger partial charge in [0.1, 0.15) is 0 Å². The monoisotopic (exact) mass is 357 g/mol. The standard InChI is InChI=1S/C19H16ClNO4/c1-3-24-16-9-5-6-12(17(16)23-2)11-15-19(22)25-18(21-15)13-7-4-8-14(20)10-13/h4-11H,3H2,1-2H3/b15-11-. The van der Waals surface area contributed by atoms with Gasteiger partial charge in [-0.3, -0.25) is 0 Å². The van der Waals surface area contributed by atoms with Crippen molar-refractivity contribution in [2.75, 3.05) is 13.7 Å². The summed E-state index contributed by atoms with van der Waals surface area (Å²) in [6.07, 6.45) is 1.61. The zero-order valence-corrected chi connectivity index (χ0v) is 14.5. The Labute approximate surface area is 150 Å². The van der Waals surface area contributed by atoms with Crippen LogP contribution in [0, 0.1) is 0 Å². The van der Waals surface area contributed by atoms with E-state index in [1.54, 1.807) is 43.5 Å². The molecule has 0 bridgehead atoms. The first-order valence-electron chi connectivity index (χ1n) is 7.70. The highest BCUT2D eigenvalue weighted by Gasteiger charge is 2.25. The number of para-hydroxylation sites is 1. The molecule has 1 heterocycles. The molecular formula is C19H16ClNO4. The van der Waals surface area contributed by atoms with Gasteiger partial charge in [0.05, 0.1) is 13.7 Å². The van der Waals surface area contributed by atoms with E-state index in [1.807, 2.05) is 19.1 Å². The number of methoxy groups -OCH3 is 1. The van der Waals surface area contributed by atoms with Crippen molar-refractivity contribution in [1.82, 2.24) is 0 Å². The predicted molar refractivity (Wildman–Crippen MR) is 96.2 cm³/mol. The van der Waals surface area contributed by atoms with Gasteiger partial charge in [0.2, 0.25) is 5.90 Å². The van der Waals surface area contributed by atoms with Gasteiger partial charge in [0.15, 0.2) is 17.2 Å². The molecule has 0 aliphatic carbocycles. The molecule has 128 valence electrons. The SMILES string of the molecule is CCOc1cccc(/C=C2\N=C(c3cccc(Cl)c3)OC2=O)c1OC. The van der Waals surface area contributed by atoms with E-state index >= 15 is 0 Å². The molecule has 0 unspecified atom stereocenters. The third-order valence-electron chi connectivity index (χ3n) is 3.50. The highest BCUT2D eigenvalue weighted by Crippen LogP contribution is 2.33. The number of carbonyl (C=O) groups excluding carboxylic acids is 1. The minimum Gasteiger partial charge on any atom is -0.492 e. The van der Waals surface area contributed by atoms with Crippen molar-refractivity contribution >= 4 is 29.5 Å². The molecule has 3 rings (SSSR count). The summed E-state index contributed by atoms with van der Waals surface area (Å²) in [5.41, 5.74) is 1.50. The fraction of sp³-hybridized carbons (Fsp3) is 0.158. The highest BCUT2D eigenvalue weighted by atomic mass is 35.5. The Hall–Kier alpha value is -2.79. The number of nitrogens with zero attached hydrogens (tertiary/aromatic N) is 1. The molecule has 0 fully saturated rings. The number of esters is 1. The van der Waals surface area contributed by atoms with Crippen LogP contribution in [-0.2, 0) is 9.53 Å². The topological polar surface area (TPSA) is 57.1 Å². The van der Waals surface area contributed by atoms with Crippen molar-refractivity contribution in [3.63, 3.8) is 0 Å². The van der Waals surface area contributed by atoms with Gasteiger partial charge in [0.25, 0.3) is 0 Å². The average molecular weight is 358 g/mol. The molecule has 6 heteroatoms. The van der Waals surface area contributed by atoms with E-state index < -0.39 is 5.97 Å². The van der Waals surface area contributed by atoms with Gasteiger partial charge in [-0.15, -0.1) is 0 Å². The quantitative estimate of drug-likeness (QED) is 0.597. The molecule has 1 aliphatic heterocycles. The highest BCUT2D eigenvalue weighted by molar-refractivity contribution is 6.31. The lowest BCUT2D eigenvalue weighted by atomic mass is 10.1. The van der Waals surface area contributed by atoms with E-state index in [0.717, 1.165) is 0 Å². The minimum atomic E-state index is -0.529. The maximum Gasteiger partial charge on any atom is 0.363 e. The molecule has 25 heavy (non-hydrogen) atoms. The summed E-state index contributed by atoms with van der Waals surface area (Å²) < 4.78 is 16.2. The van der Waals surface area contributed by atoms with E-state index in [0.29, 0.717) is 34.3 Å². The van der Waals surface area contributed by atoms with Crippen LogP contribution in [0.4, 0.5) is 0 Å². The second-order valence-electron chi connectivity index (χ2n) is 5.16.